The van der Waals surface area contributed by atoms with Crippen LogP contribution < -0.4 is 31.3 Å². The van der Waals surface area contributed by atoms with Crippen LogP contribution in [0.2, 0.25) is 23.2 Å². The van der Waals surface area contributed by atoms with Gasteiger partial charge in [-0.1, -0.05) is 121 Å². The maximum absolute atomic E-state index is 10.4. The Morgan fingerprint density at radius 2 is 0.884 bits per heavy atom. The molecule has 0 saturated heterocycles. The lowest BCUT2D eigenvalue weighted by molar-refractivity contribution is -0.385. The van der Waals surface area contributed by atoms with Gasteiger partial charge in [-0.15, -0.1) is 24.8 Å². The number of hydrogen-bond donors (Lipinski definition) is 12. The van der Waals surface area contributed by atoms with E-state index in [1.165, 1.54) is 77.9 Å². The quantitative estimate of drug-likeness (QED) is 0.0308. The minimum Gasteiger partial charge on any atom is -0.543 e. The molecule has 26 heteroatoms. The van der Waals surface area contributed by atoms with Gasteiger partial charge in [-0.2, -0.15) is 5.26 Å². The standard InChI is InChI=1S/C15H13NO.C14H21NOSi.C9H6N2.C9H9N.C8H6BrN.C8H6ClN.C8H8N2O2.C8H6N2O2.C8H10N2.C8H8N2.2ClH/c1-2-4-12(5-3-1)11-17-14-7-6-13-8-9-16-15(13)10-14;1-14(2,3)17(4,5)16-12-7-6-11-8-9-15-13(11)10-12;10-6-7-1-2-8-3-4-11-9(8)5-7;1-7-2-3-9-8(6-7)4-5-10-9;2*9-7-2-1-6-3-4-10-8(6)5-7;2*11-10(12)7-1-2-8-6(5-7)3-4-9-8;2*9-7-2-1-6-3-4-10-8(6)5-7;;/h1-10,16H,11H2;6-10,15H,1-5H3;1-5,11H;2-6,10H,1H3;2*1-5,10H;1-2,5,9H,3-4H2;1-5,9H;1-2,5,10H,3-4,9H2;1-5,10H,9H2;2*1H. The van der Waals surface area contributed by atoms with E-state index in [9.17, 15) is 20.2 Å². The van der Waals surface area contributed by atoms with Crippen molar-refractivity contribution in [2.24, 2.45) is 0 Å². The smallest absolute Gasteiger partial charge is 0.270 e. The summed E-state index contributed by atoms with van der Waals surface area (Å²) in [6, 6.07) is 86.2. The van der Waals surface area contributed by atoms with Gasteiger partial charge in [0.05, 0.1) is 21.5 Å². The fourth-order valence-electron chi connectivity index (χ4n) is 12.7. The Bertz CT molecular complexity index is 6320. The summed E-state index contributed by atoms with van der Waals surface area (Å²) in [7, 11) is -1.73. The Morgan fingerprint density at radius 3 is 1.46 bits per heavy atom. The lowest BCUT2D eigenvalue weighted by Gasteiger charge is -2.36. The number of aryl methyl sites for hydroxylation is 1. The number of nitriles is 1. The second-order valence-corrected chi connectivity index (χ2v) is 35.7. The Labute approximate surface area is 727 Å². The highest BCUT2D eigenvalue weighted by Crippen LogP contribution is 2.38. The van der Waals surface area contributed by atoms with Crippen LogP contribution in [-0.4, -0.2) is 71.1 Å². The molecule has 0 amide bonds. The van der Waals surface area contributed by atoms with Crippen LogP contribution in [-0.2, 0) is 19.4 Å². The molecule has 19 aromatic rings. The summed E-state index contributed by atoms with van der Waals surface area (Å²) in [5.41, 5.74) is 29.7. The summed E-state index contributed by atoms with van der Waals surface area (Å²) >= 11 is 9.15. The van der Waals surface area contributed by atoms with Crippen molar-refractivity contribution >= 4 is 182 Å². The highest BCUT2D eigenvalue weighted by molar-refractivity contribution is 9.10. The van der Waals surface area contributed by atoms with Gasteiger partial charge in [0.15, 0.2) is 0 Å². The normalized spacial score (nSPS) is 11.2. The minimum atomic E-state index is -1.73. The molecule has 2 aliphatic heterocycles. The van der Waals surface area contributed by atoms with Crippen molar-refractivity contribution in [3.05, 3.63) is 368 Å². The monoisotopic (exact) mass is 1750 g/mol. The van der Waals surface area contributed by atoms with Crippen LogP contribution in [0.3, 0.4) is 0 Å². The molecular weight excluding hydrogens is 1660 g/mol. The van der Waals surface area contributed by atoms with Gasteiger partial charge in [-0.3, -0.25) is 20.2 Å². The first kappa shape index (κ1) is 89.7. The number of nitro benzene ring substituents is 2. The van der Waals surface area contributed by atoms with Crippen LogP contribution in [0.4, 0.5) is 34.1 Å². The van der Waals surface area contributed by atoms with Crippen molar-refractivity contribution in [2.75, 3.05) is 35.2 Å². The van der Waals surface area contributed by atoms with Crippen LogP contribution in [0.5, 0.6) is 11.5 Å². The van der Waals surface area contributed by atoms with Crippen molar-refractivity contribution < 1.29 is 19.0 Å². The van der Waals surface area contributed by atoms with E-state index >= 15 is 0 Å². The van der Waals surface area contributed by atoms with Crippen molar-refractivity contribution in [1.29, 1.82) is 5.26 Å². The summed E-state index contributed by atoms with van der Waals surface area (Å²) in [6.45, 7) is 16.0. The molecule has 618 valence electrons. The van der Waals surface area contributed by atoms with Crippen LogP contribution >= 0.6 is 52.3 Å². The lowest BCUT2D eigenvalue weighted by Crippen LogP contribution is -2.43. The van der Waals surface area contributed by atoms with Gasteiger partial charge in [0, 0.05) is 181 Å². The van der Waals surface area contributed by atoms with Gasteiger partial charge in [-0.05, 0) is 250 Å². The number of rotatable bonds is 7. The van der Waals surface area contributed by atoms with Gasteiger partial charge in [0.1, 0.15) is 18.1 Å². The number of halogens is 4. The molecule has 2 aliphatic rings. The molecule has 0 aliphatic carbocycles. The average molecular weight is 1760 g/mol. The molecule has 21 rings (SSSR count). The van der Waals surface area contributed by atoms with Crippen LogP contribution in [0.1, 0.15) is 48.6 Å². The van der Waals surface area contributed by atoms with E-state index in [4.69, 9.17) is 37.5 Å². The number of ether oxygens (including phenoxy) is 1. The number of nitrogens with two attached hydrogens (primary N) is 2. The second kappa shape index (κ2) is 42.7. The number of fused-ring (bicyclic) bond motifs is 10. The zero-order valence-corrected chi connectivity index (χ0v) is 72.5. The molecule has 0 fully saturated rings. The van der Waals surface area contributed by atoms with Crippen LogP contribution in [0.15, 0.2) is 315 Å². The number of benzene rings is 11. The minimum absolute atomic E-state index is 0. The largest absolute Gasteiger partial charge is 0.543 e. The van der Waals surface area contributed by atoms with Gasteiger partial charge >= 0.3 is 0 Å². The van der Waals surface area contributed by atoms with E-state index in [-0.39, 0.29) is 46.2 Å². The first-order valence-electron chi connectivity index (χ1n) is 38.6. The molecule has 8 aromatic heterocycles. The van der Waals surface area contributed by atoms with Gasteiger partial charge in [0.2, 0.25) is 8.32 Å². The maximum atomic E-state index is 10.4. The molecule has 11 aromatic carbocycles. The molecular formula is C95H95BrCl3N15O6Si. The molecule has 10 heterocycles. The number of aromatic nitrogens is 8. The first-order chi connectivity index (χ1) is 57.5. The predicted molar refractivity (Wildman–Crippen MR) is 511 cm³/mol. The summed E-state index contributed by atoms with van der Waals surface area (Å²) < 4.78 is 13.1. The summed E-state index contributed by atoms with van der Waals surface area (Å²) in [5, 5.41) is 46.1. The molecule has 0 spiro atoms. The van der Waals surface area contributed by atoms with Crippen molar-refractivity contribution in [1.82, 2.24) is 39.9 Å². The molecule has 121 heavy (non-hydrogen) atoms. The Kier molecular flexibility index (Phi) is 31.7. The van der Waals surface area contributed by atoms with Crippen molar-refractivity contribution in [2.45, 2.75) is 65.3 Å². The number of nitrogens with one attached hydrogen (secondary N) is 10. The van der Waals surface area contributed by atoms with Gasteiger partial charge in [0.25, 0.3) is 11.4 Å². The molecule has 0 bridgehead atoms. The molecule has 0 saturated carbocycles. The predicted octanol–water partition coefficient (Wildman–Crippen LogP) is 26.0. The summed E-state index contributed by atoms with van der Waals surface area (Å²) in [4.78, 5) is 44.8. The fraction of sp³-hybridized carbons (Fsp3) is 0.126. The van der Waals surface area contributed by atoms with E-state index in [1.54, 1.807) is 30.5 Å². The van der Waals surface area contributed by atoms with Crippen molar-refractivity contribution in [3.8, 4) is 17.6 Å². The maximum Gasteiger partial charge on any atom is 0.270 e. The second-order valence-electron chi connectivity index (χ2n) is 29.7. The SMILES string of the molecule is Brc1ccc2cc[nH]c2c1.CC(C)(C)[Si](C)(C)Oc1ccc2cc[nH]c2c1.Cc1ccc2[nH]ccc2c1.Cl.Cl.Clc1ccc2cc[nH]c2c1.N#Cc1ccc2cc[nH]c2c1.Nc1ccc2c(c1)NCC2.Nc1ccc2cc[nH]c2c1.O=[N+]([O-])c1ccc2[nH]ccc2c1.O=[N+]([O-])c1ccc2c(c1)CCN2.c1ccc(COc2ccc3cc[nH]c3c2)cc1. The summed E-state index contributed by atoms with van der Waals surface area (Å²) in [6.07, 6.45) is 17.3. The number of nitrogens with zero attached hydrogens (tertiary/aromatic N) is 3. The van der Waals surface area contributed by atoms with E-state index in [2.05, 4.69) is 210 Å². The van der Waals surface area contributed by atoms with E-state index in [0.717, 1.165) is 113 Å². The Balaban J connectivity index is 0.000000142. The summed E-state index contributed by atoms with van der Waals surface area (Å²) in [5.74, 6) is 1.87. The number of hydrogen-bond acceptors (Lipinski definition) is 11. The van der Waals surface area contributed by atoms with E-state index < -0.39 is 13.2 Å². The third kappa shape index (κ3) is 25.5. The highest BCUT2D eigenvalue weighted by Gasteiger charge is 2.39. The number of non-ortho nitro benzene ring substituents is 2. The number of H-pyrrole nitrogens is 8. The number of nitrogen functional groups attached to an aromatic ring is 2. The van der Waals surface area contributed by atoms with Gasteiger partial charge in [-0.25, -0.2) is 0 Å². The Morgan fingerprint density at radius 1 is 0.446 bits per heavy atom. The van der Waals surface area contributed by atoms with E-state index in [0.29, 0.717) is 12.2 Å². The first-order valence-corrected chi connectivity index (χ1v) is 42.7. The Hall–Kier alpha value is -13.6. The zero-order valence-electron chi connectivity index (χ0n) is 67.5. The number of anilines is 4. The third-order valence-electron chi connectivity index (χ3n) is 20.1. The van der Waals surface area contributed by atoms with Crippen molar-refractivity contribution in [3.63, 3.8) is 0 Å². The fourth-order valence-corrected chi connectivity index (χ4v) is 14.2. The molecule has 21 nitrogen and oxygen atoms in total. The van der Waals surface area contributed by atoms with Gasteiger partial charge < -0.3 is 71.1 Å². The van der Waals surface area contributed by atoms with Crippen LogP contribution in [0.25, 0.3) is 87.2 Å². The average Bonchev–Trinajstić information content (AvgIpc) is 1.78. The zero-order chi connectivity index (χ0) is 83.8. The molecule has 0 unspecified atom stereocenters. The molecule has 0 atom stereocenters. The highest BCUT2D eigenvalue weighted by atomic mass is 79.9. The number of aromatic amines is 8. The molecule has 0 radical (unpaired) electrons. The topological polar surface area (TPSA) is 331 Å². The van der Waals surface area contributed by atoms with E-state index in [1.807, 2.05) is 171 Å². The third-order valence-corrected chi connectivity index (χ3v) is 25.2. The van der Waals surface area contributed by atoms with Crippen LogP contribution in [0, 0.1) is 38.5 Å². The lowest BCUT2D eigenvalue weighted by atomic mass is 10.1. The molecule has 14 N–H and O–H groups in total. The number of nitro groups is 2.